The zero-order chi connectivity index (χ0) is 13.9. The lowest BCUT2D eigenvalue weighted by Crippen LogP contribution is -2.51. The number of rotatable bonds is 5. The summed E-state index contributed by atoms with van der Waals surface area (Å²) < 4.78 is 0. The molecule has 3 unspecified atom stereocenters. The van der Waals surface area contributed by atoms with Crippen LogP contribution in [0.1, 0.15) is 39.0 Å². The minimum atomic E-state index is 0.760. The third kappa shape index (κ3) is 3.96. The molecule has 0 aromatic rings. The molecule has 3 aliphatic rings. The molecule has 3 nitrogen and oxygen atoms in total. The molecule has 1 heterocycles. The first-order chi connectivity index (χ1) is 9.74. The minimum absolute atomic E-state index is 0.760. The first kappa shape index (κ1) is 14.8. The van der Waals surface area contributed by atoms with E-state index in [0.29, 0.717) is 0 Å². The van der Waals surface area contributed by atoms with E-state index in [-0.39, 0.29) is 0 Å². The van der Waals surface area contributed by atoms with E-state index < -0.39 is 0 Å². The summed E-state index contributed by atoms with van der Waals surface area (Å²) in [4.78, 5) is 5.43. The van der Waals surface area contributed by atoms with E-state index in [1.165, 1.54) is 71.4 Å². The summed E-state index contributed by atoms with van der Waals surface area (Å²) in [6.45, 7) is 10.4. The molecule has 2 aliphatic carbocycles. The monoisotopic (exact) mass is 279 g/mol. The van der Waals surface area contributed by atoms with Gasteiger partial charge in [0.15, 0.2) is 0 Å². The molecule has 3 atom stereocenters. The maximum absolute atomic E-state index is 3.57. The zero-order valence-corrected chi connectivity index (χ0v) is 13.5. The van der Waals surface area contributed by atoms with Crippen LogP contribution in [0.5, 0.6) is 0 Å². The average Bonchev–Trinajstić information content (AvgIpc) is 3.25. The van der Waals surface area contributed by atoms with E-state index in [2.05, 4.69) is 29.1 Å². The van der Waals surface area contributed by atoms with Gasteiger partial charge in [-0.2, -0.15) is 0 Å². The van der Waals surface area contributed by atoms with Gasteiger partial charge in [0.2, 0.25) is 0 Å². The average molecular weight is 279 g/mol. The van der Waals surface area contributed by atoms with Crippen molar-refractivity contribution in [2.45, 2.75) is 45.1 Å². The second kappa shape index (κ2) is 6.76. The lowest BCUT2D eigenvalue weighted by molar-refractivity contribution is 0.0901. The van der Waals surface area contributed by atoms with Crippen molar-refractivity contribution >= 4 is 0 Å². The maximum Gasteiger partial charge on any atom is 0.0110 e. The number of hydrogen-bond donors (Lipinski definition) is 1. The molecule has 3 rings (SSSR count). The highest BCUT2D eigenvalue weighted by Gasteiger charge is 2.31. The van der Waals surface area contributed by atoms with E-state index in [1.807, 2.05) is 0 Å². The summed E-state index contributed by atoms with van der Waals surface area (Å²) in [6, 6.07) is 0.760. The number of nitrogens with zero attached hydrogens (tertiary/aromatic N) is 2. The molecular weight excluding hydrogens is 246 g/mol. The largest absolute Gasteiger partial charge is 0.317 e. The van der Waals surface area contributed by atoms with Crippen LogP contribution in [0, 0.1) is 17.8 Å². The van der Waals surface area contributed by atoms with Gasteiger partial charge in [-0.05, 0) is 56.9 Å². The van der Waals surface area contributed by atoms with Crippen LogP contribution in [-0.2, 0) is 0 Å². The van der Waals surface area contributed by atoms with Crippen molar-refractivity contribution in [1.82, 2.24) is 15.1 Å². The van der Waals surface area contributed by atoms with Gasteiger partial charge in [0, 0.05) is 45.3 Å². The smallest absolute Gasteiger partial charge is 0.0110 e. The Hall–Kier alpha value is -0.120. The van der Waals surface area contributed by atoms with Gasteiger partial charge in [0.05, 0.1) is 0 Å². The summed E-state index contributed by atoms with van der Waals surface area (Å²) in [7, 11) is 2.15. The van der Waals surface area contributed by atoms with Gasteiger partial charge in [-0.25, -0.2) is 0 Å². The van der Waals surface area contributed by atoms with Crippen molar-refractivity contribution in [2.75, 3.05) is 46.3 Å². The van der Waals surface area contributed by atoms with Crippen molar-refractivity contribution in [3.05, 3.63) is 0 Å². The van der Waals surface area contributed by atoms with Gasteiger partial charge in [-0.3, -0.25) is 0 Å². The first-order valence-corrected chi connectivity index (χ1v) is 8.86. The maximum atomic E-state index is 3.57. The van der Waals surface area contributed by atoms with Crippen molar-refractivity contribution in [3.63, 3.8) is 0 Å². The quantitative estimate of drug-likeness (QED) is 0.831. The number of piperazine rings is 1. The minimum Gasteiger partial charge on any atom is -0.317 e. The van der Waals surface area contributed by atoms with Crippen molar-refractivity contribution in [3.8, 4) is 0 Å². The molecular formula is C17H33N3. The Labute approximate surface area is 125 Å². The highest BCUT2D eigenvalue weighted by Crippen LogP contribution is 2.31. The molecule has 2 saturated carbocycles. The molecule has 0 bridgehead atoms. The Morgan fingerprint density at radius 1 is 0.900 bits per heavy atom. The standard InChI is InChI=1S/C17H33N3/c1-14-3-6-17(18-2)16(11-14)13-20-9-7-19(8-10-20)12-15-4-5-15/h14-18H,3-13H2,1-2H3. The Bertz CT molecular complexity index is 295. The van der Waals surface area contributed by atoms with Gasteiger partial charge >= 0.3 is 0 Å². The Morgan fingerprint density at radius 3 is 2.15 bits per heavy atom. The molecule has 0 aromatic heterocycles. The lowest BCUT2D eigenvalue weighted by Gasteiger charge is -2.41. The predicted molar refractivity (Wildman–Crippen MR) is 85.0 cm³/mol. The van der Waals surface area contributed by atoms with Gasteiger partial charge in [-0.15, -0.1) is 0 Å². The van der Waals surface area contributed by atoms with Crippen LogP contribution in [0.4, 0.5) is 0 Å². The van der Waals surface area contributed by atoms with Crippen LogP contribution in [0.2, 0.25) is 0 Å². The topological polar surface area (TPSA) is 18.5 Å². The molecule has 0 radical (unpaired) electrons. The van der Waals surface area contributed by atoms with E-state index in [0.717, 1.165) is 23.8 Å². The van der Waals surface area contributed by atoms with Gasteiger partial charge in [0.1, 0.15) is 0 Å². The van der Waals surface area contributed by atoms with Crippen LogP contribution >= 0.6 is 0 Å². The van der Waals surface area contributed by atoms with Crippen LogP contribution in [0.3, 0.4) is 0 Å². The molecule has 1 aliphatic heterocycles. The third-order valence-electron chi connectivity index (χ3n) is 5.79. The second-order valence-electron chi connectivity index (χ2n) is 7.62. The molecule has 0 amide bonds. The summed E-state index contributed by atoms with van der Waals surface area (Å²) >= 11 is 0. The summed E-state index contributed by atoms with van der Waals surface area (Å²) in [5.74, 6) is 2.86. The summed E-state index contributed by atoms with van der Waals surface area (Å²) in [5, 5.41) is 3.57. The predicted octanol–water partition coefficient (Wildman–Crippen LogP) is 2.04. The second-order valence-corrected chi connectivity index (χ2v) is 7.62. The van der Waals surface area contributed by atoms with E-state index in [9.17, 15) is 0 Å². The first-order valence-electron chi connectivity index (χ1n) is 8.86. The highest BCUT2D eigenvalue weighted by molar-refractivity contribution is 4.87. The Morgan fingerprint density at radius 2 is 1.55 bits per heavy atom. The van der Waals surface area contributed by atoms with E-state index in [4.69, 9.17) is 0 Å². The summed E-state index contributed by atoms with van der Waals surface area (Å²) in [5.41, 5.74) is 0. The fourth-order valence-electron chi connectivity index (χ4n) is 4.23. The van der Waals surface area contributed by atoms with Crippen molar-refractivity contribution in [1.29, 1.82) is 0 Å². The van der Waals surface area contributed by atoms with Gasteiger partial charge in [-0.1, -0.05) is 6.92 Å². The SMILES string of the molecule is CNC1CCC(C)CC1CN1CCN(CC2CC2)CC1. The fourth-order valence-corrected chi connectivity index (χ4v) is 4.23. The molecule has 116 valence electrons. The Kier molecular flexibility index (Phi) is 5.00. The molecule has 0 spiro atoms. The highest BCUT2D eigenvalue weighted by atomic mass is 15.3. The third-order valence-corrected chi connectivity index (χ3v) is 5.79. The van der Waals surface area contributed by atoms with Crippen LogP contribution in [-0.4, -0.2) is 62.2 Å². The van der Waals surface area contributed by atoms with Crippen molar-refractivity contribution in [2.24, 2.45) is 17.8 Å². The molecule has 3 heteroatoms. The summed E-state index contributed by atoms with van der Waals surface area (Å²) in [6.07, 6.45) is 7.20. The van der Waals surface area contributed by atoms with Crippen molar-refractivity contribution < 1.29 is 0 Å². The van der Waals surface area contributed by atoms with Crippen LogP contribution in [0.15, 0.2) is 0 Å². The fraction of sp³-hybridized carbons (Fsp3) is 1.00. The Balaban J connectivity index is 1.43. The van der Waals surface area contributed by atoms with Gasteiger partial charge < -0.3 is 15.1 Å². The zero-order valence-electron chi connectivity index (χ0n) is 13.5. The normalized spacial score (nSPS) is 37.2. The van der Waals surface area contributed by atoms with Crippen LogP contribution < -0.4 is 5.32 Å². The molecule has 0 aromatic carbocycles. The molecule has 3 fully saturated rings. The molecule has 20 heavy (non-hydrogen) atoms. The number of nitrogens with one attached hydrogen (secondary N) is 1. The lowest BCUT2D eigenvalue weighted by atomic mass is 9.78. The van der Waals surface area contributed by atoms with E-state index in [1.54, 1.807) is 0 Å². The van der Waals surface area contributed by atoms with Crippen LogP contribution in [0.25, 0.3) is 0 Å². The van der Waals surface area contributed by atoms with E-state index >= 15 is 0 Å². The molecule has 1 N–H and O–H groups in total. The van der Waals surface area contributed by atoms with Gasteiger partial charge in [0.25, 0.3) is 0 Å². The molecule has 1 saturated heterocycles. The number of hydrogen-bond acceptors (Lipinski definition) is 3.